The summed E-state index contributed by atoms with van der Waals surface area (Å²) in [5.41, 5.74) is 1.18. The highest BCUT2D eigenvalue weighted by atomic mass is 32.2. The maximum atomic E-state index is 12.1. The Balaban J connectivity index is 1.67. The monoisotopic (exact) mass is 318 g/mol. The molecule has 2 atom stereocenters. The van der Waals surface area contributed by atoms with Crippen molar-refractivity contribution in [3.05, 3.63) is 48.0 Å². The number of carbonyl (C=O) groups excluding carboxylic acids is 1. The van der Waals surface area contributed by atoms with Gasteiger partial charge in [0.1, 0.15) is 0 Å². The van der Waals surface area contributed by atoms with Gasteiger partial charge >= 0.3 is 0 Å². The zero-order valence-corrected chi connectivity index (χ0v) is 12.8. The van der Waals surface area contributed by atoms with Crippen LogP contribution in [0.15, 0.2) is 42.5 Å². The standard InChI is InChI=1S/C16H18N2O3S/c17-22(20,21)9-8-18-16(19)15-10-14(15)13-7-3-5-11-4-1-2-6-12(11)13/h1-7,14-15H,8-10H2,(H,18,19)(H2,17,20,21)/t14-,15-/m1/s1. The summed E-state index contributed by atoms with van der Waals surface area (Å²) in [6.07, 6.45) is 0.801. The molecule has 3 rings (SSSR count). The van der Waals surface area contributed by atoms with Crippen molar-refractivity contribution in [3.8, 4) is 0 Å². The molecule has 0 aromatic heterocycles. The Labute approximate surface area is 129 Å². The number of primary sulfonamides is 1. The molecular weight excluding hydrogens is 300 g/mol. The van der Waals surface area contributed by atoms with Gasteiger partial charge in [0.15, 0.2) is 0 Å². The van der Waals surface area contributed by atoms with Crippen molar-refractivity contribution in [3.63, 3.8) is 0 Å². The van der Waals surface area contributed by atoms with Gasteiger partial charge in [-0.25, -0.2) is 13.6 Å². The van der Waals surface area contributed by atoms with Gasteiger partial charge in [0.05, 0.1) is 5.75 Å². The maximum Gasteiger partial charge on any atom is 0.223 e. The molecule has 0 aliphatic heterocycles. The fraction of sp³-hybridized carbons (Fsp3) is 0.312. The molecule has 1 amide bonds. The molecule has 1 aliphatic carbocycles. The van der Waals surface area contributed by atoms with Crippen molar-refractivity contribution in [2.75, 3.05) is 12.3 Å². The Morgan fingerprint density at radius 1 is 1.18 bits per heavy atom. The van der Waals surface area contributed by atoms with Crippen LogP contribution >= 0.6 is 0 Å². The lowest BCUT2D eigenvalue weighted by atomic mass is 10.00. The second-order valence-electron chi connectivity index (χ2n) is 5.68. The number of fused-ring (bicyclic) bond motifs is 1. The highest BCUT2D eigenvalue weighted by Crippen LogP contribution is 2.49. The number of rotatable bonds is 5. The first-order valence-corrected chi connectivity index (χ1v) is 8.93. The van der Waals surface area contributed by atoms with Crippen LogP contribution in [0.1, 0.15) is 17.9 Å². The van der Waals surface area contributed by atoms with Crippen LogP contribution in [0, 0.1) is 5.92 Å². The zero-order chi connectivity index (χ0) is 15.7. The summed E-state index contributed by atoms with van der Waals surface area (Å²) in [6.45, 7) is 0.0659. The van der Waals surface area contributed by atoms with Crippen LogP contribution in [0.5, 0.6) is 0 Å². The summed E-state index contributed by atoms with van der Waals surface area (Å²) in [6, 6.07) is 14.2. The minimum Gasteiger partial charge on any atom is -0.355 e. The molecule has 1 fully saturated rings. The summed E-state index contributed by atoms with van der Waals surface area (Å²) < 4.78 is 21.7. The predicted octanol–water partition coefficient (Wildman–Crippen LogP) is 1.35. The molecule has 3 N–H and O–H groups in total. The number of hydrogen-bond acceptors (Lipinski definition) is 3. The van der Waals surface area contributed by atoms with E-state index in [4.69, 9.17) is 5.14 Å². The quantitative estimate of drug-likeness (QED) is 0.872. The zero-order valence-electron chi connectivity index (χ0n) is 12.0. The largest absolute Gasteiger partial charge is 0.355 e. The number of benzene rings is 2. The molecule has 0 bridgehead atoms. The minimum absolute atomic E-state index is 0.0659. The molecule has 116 valence electrons. The molecule has 5 nitrogen and oxygen atoms in total. The predicted molar refractivity (Wildman–Crippen MR) is 85.8 cm³/mol. The average molecular weight is 318 g/mol. The smallest absolute Gasteiger partial charge is 0.223 e. The molecule has 0 radical (unpaired) electrons. The van der Waals surface area contributed by atoms with E-state index in [0.29, 0.717) is 0 Å². The third-order valence-electron chi connectivity index (χ3n) is 4.04. The minimum atomic E-state index is -3.53. The lowest BCUT2D eigenvalue weighted by molar-refractivity contribution is -0.122. The summed E-state index contributed by atoms with van der Waals surface area (Å²) in [7, 11) is -3.53. The average Bonchev–Trinajstić information content (AvgIpc) is 3.25. The van der Waals surface area contributed by atoms with Crippen LogP contribution in [0.3, 0.4) is 0 Å². The number of amides is 1. The molecule has 1 aliphatic rings. The van der Waals surface area contributed by atoms with Gasteiger partial charge in [-0.2, -0.15) is 0 Å². The van der Waals surface area contributed by atoms with Crippen molar-refractivity contribution < 1.29 is 13.2 Å². The Bertz CT molecular complexity index is 812. The van der Waals surface area contributed by atoms with E-state index in [1.54, 1.807) is 0 Å². The third kappa shape index (κ3) is 3.28. The van der Waals surface area contributed by atoms with Gasteiger partial charge in [-0.3, -0.25) is 4.79 Å². The molecule has 0 spiro atoms. The van der Waals surface area contributed by atoms with E-state index < -0.39 is 10.0 Å². The molecule has 0 unspecified atom stereocenters. The number of nitrogens with two attached hydrogens (primary N) is 1. The van der Waals surface area contributed by atoms with Gasteiger partial charge in [0.2, 0.25) is 15.9 Å². The summed E-state index contributed by atoms with van der Waals surface area (Å²) in [5.74, 6) is -0.196. The van der Waals surface area contributed by atoms with E-state index >= 15 is 0 Å². The molecule has 0 saturated heterocycles. The molecule has 1 saturated carbocycles. The van der Waals surface area contributed by atoms with Crippen LogP contribution < -0.4 is 10.5 Å². The van der Waals surface area contributed by atoms with Crippen molar-refractivity contribution in [1.82, 2.24) is 5.32 Å². The third-order valence-corrected chi connectivity index (χ3v) is 4.81. The molecule has 2 aromatic carbocycles. The van der Waals surface area contributed by atoms with Crippen molar-refractivity contribution in [2.24, 2.45) is 11.1 Å². The van der Waals surface area contributed by atoms with Crippen LogP contribution in [-0.4, -0.2) is 26.6 Å². The van der Waals surface area contributed by atoms with Crippen LogP contribution in [0.25, 0.3) is 10.8 Å². The highest BCUT2D eigenvalue weighted by Gasteiger charge is 2.44. The fourth-order valence-electron chi connectivity index (χ4n) is 2.85. The molecule has 6 heteroatoms. The summed E-state index contributed by atoms with van der Waals surface area (Å²) >= 11 is 0. The van der Waals surface area contributed by atoms with Gasteiger partial charge < -0.3 is 5.32 Å². The van der Waals surface area contributed by atoms with Gasteiger partial charge in [0.25, 0.3) is 0 Å². The Morgan fingerprint density at radius 2 is 1.91 bits per heavy atom. The lowest BCUT2D eigenvalue weighted by Gasteiger charge is -2.07. The van der Waals surface area contributed by atoms with Crippen molar-refractivity contribution in [2.45, 2.75) is 12.3 Å². The molecule has 0 heterocycles. The maximum absolute atomic E-state index is 12.1. The van der Waals surface area contributed by atoms with Crippen molar-refractivity contribution >= 4 is 26.7 Å². The Hall–Kier alpha value is -1.92. The lowest BCUT2D eigenvalue weighted by Crippen LogP contribution is -2.32. The highest BCUT2D eigenvalue weighted by molar-refractivity contribution is 7.89. The topological polar surface area (TPSA) is 89.3 Å². The number of hydrogen-bond donors (Lipinski definition) is 2. The number of carbonyl (C=O) groups is 1. The first kappa shape index (κ1) is 15.0. The Kier molecular flexibility index (Phi) is 3.88. The number of nitrogens with one attached hydrogen (secondary N) is 1. The normalized spacial score (nSPS) is 20.8. The van der Waals surface area contributed by atoms with E-state index in [1.807, 2.05) is 18.2 Å². The van der Waals surface area contributed by atoms with E-state index in [1.165, 1.54) is 16.3 Å². The SMILES string of the molecule is NS(=O)(=O)CCNC(=O)[C@@H]1C[C@@H]1c1cccc2ccccc12. The Morgan fingerprint density at radius 3 is 2.68 bits per heavy atom. The van der Waals surface area contributed by atoms with E-state index in [9.17, 15) is 13.2 Å². The van der Waals surface area contributed by atoms with E-state index in [0.717, 1.165) is 6.42 Å². The fourth-order valence-corrected chi connectivity index (χ4v) is 3.24. The van der Waals surface area contributed by atoms with Crippen LogP contribution in [-0.2, 0) is 14.8 Å². The molecule has 22 heavy (non-hydrogen) atoms. The second kappa shape index (κ2) is 5.70. The first-order chi connectivity index (χ1) is 10.5. The number of sulfonamides is 1. The summed E-state index contributed by atoms with van der Waals surface area (Å²) in [5, 5.41) is 9.91. The van der Waals surface area contributed by atoms with E-state index in [-0.39, 0.29) is 30.0 Å². The van der Waals surface area contributed by atoms with Gasteiger partial charge in [-0.05, 0) is 28.7 Å². The second-order valence-corrected chi connectivity index (χ2v) is 7.41. The molecule has 2 aromatic rings. The molecular formula is C16H18N2O3S. The first-order valence-electron chi connectivity index (χ1n) is 7.21. The van der Waals surface area contributed by atoms with Gasteiger partial charge in [0, 0.05) is 12.5 Å². The van der Waals surface area contributed by atoms with Gasteiger partial charge in [-0.15, -0.1) is 0 Å². The van der Waals surface area contributed by atoms with E-state index in [2.05, 4.69) is 29.6 Å². The van der Waals surface area contributed by atoms with Crippen LogP contribution in [0.2, 0.25) is 0 Å². The van der Waals surface area contributed by atoms with Gasteiger partial charge in [-0.1, -0.05) is 42.5 Å². The van der Waals surface area contributed by atoms with Crippen molar-refractivity contribution in [1.29, 1.82) is 0 Å². The summed E-state index contributed by atoms with van der Waals surface area (Å²) in [4.78, 5) is 12.1. The van der Waals surface area contributed by atoms with Crippen LogP contribution in [0.4, 0.5) is 0 Å².